The maximum Gasteiger partial charge on any atom is 0.292 e. The van der Waals surface area contributed by atoms with Crippen LogP contribution in [0.3, 0.4) is 0 Å². The first kappa shape index (κ1) is 15.1. The summed E-state index contributed by atoms with van der Waals surface area (Å²) in [5.74, 6) is 0.283. The Hall–Kier alpha value is -1.85. The Morgan fingerprint density at radius 3 is 2.86 bits per heavy atom. The molecule has 0 unspecified atom stereocenters. The minimum Gasteiger partial charge on any atom is -0.351 e. The van der Waals surface area contributed by atoms with Gasteiger partial charge in [0, 0.05) is 31.7 Å². The molecule has 3 aliphatic rings. The lowest BCUT2D eigenvalue weighted by atomic mass is 9.94. The lowest BCUT2D eigenvalue weighted by molar-refractivity contribution is -0.139. The van der Waals surface area contributed by atoms with Crippen LogP contribution in [-0.4, -0.2) is 52.4 Å². The smallest absolute Gasteiger partial charge is 0.292 e. The third-order valence-corrected chi connectivity index (χ3v) is 4.68. The molecule has 2 atom stereocenters. The molecule has 0 aromatic carbocycles. The second-order valence-corrected chi connectivity index (χ2v) is 6.21. The zero-order valence-corrected chi connectivity index (χ0v) is 13.2. The highest BCUT2D eigenvalue weighted by Crippen LogP contribution is 2.30. The lowest BCUT2D eigenvalue weighted by Crippen LogP contribution is -2.48. The van der Waals surface area contributed by atoms with Crippen LogP contribution in [0.5, 0.6) is 0 Å². The van der Waals surface area contributed by atoms with Crippen LogP contribution in [0.25, 0.3) is 0 Å². The fraction of sp³-hybridized carbons (Fsp3) is 0.688. The molecular weight excluding hydrogens is 282 g/mol. The van der Waals surface area contributed by atoms with E-state index in [9.17, 15) is 9.59 Å². The molecular formula is C16H23N3O3. The van der Waals surface area contributed by atoms with E-state index in [0.29, 0.717) is 13.1 Å². The minimum atomic E-state index is -0.143. The molecule has 3 saturated heterocycles. The van der Waals surface area contributed by atoms with Crippen molar-refractivity contribution < 1.29 is 14.1 Å². The molecule has 0 radical (unpaired) electrons. The van der Waals surface area contributed by atoms with E-state index in [1.807, 2.05) is 11.8 Å². The first-order valence-electron chi connectivity index (χ1n) is 8.19. The number of carbonyl (C=O) groups is 2. The number of hydrogen-bond donors (Lipinski definition) is 0. The van der Waals surface area contributed by atoms with Gasteiger partial charge in [-0.1, -0.05) is 19.0 Å². The van der Waals surface area contributed by atoms with E-state index in [1.165, 1.54) is 0 Å². The van der Waals surface area contributed by atoms with Crippen LogP contribution < -0.4 is 0 Å². The Morgan fingerprint density at radius 1 is 1.36 bits per heavy atom. The van der Waals surface area contributed by atoms with E-state index in [1.54, 1.807) is 11.0 Å². The van der Waals surface area contributed by atoms with E-state index in [4.69, 9.17) is 4.52 Å². The predicted octanol–water partition coefficient (Wildman–Crippen LogP) is 1.71. The van der Waals surface area contributed by atoms with E-state index < -0.39 is 0 Å². The number of rotatable bonds is 4. The van der Waals surface area contributed by atoms with E-state index in [-0.39, 0.29) is 29.5 Å². The maximum absolute atomic E-state index is 12.6. The van der Waals surface area contributed by atoms with E-state index in [2.05, 4.69) is 12.1 Å². The molecule has 2 bridgehead atoms. The molecule has 6 nitrogen and oxygen atoms in total. The first-order valence-corrected chi connectivity index (χ1v) is 8.19. The van der Waals surface area contributed by atoms with Crippen molar-refractivity contribution in [3.63, 3.8) is 0 Å². The highest BCUT2D eigenvalue weighted by molar-refractivity contribution is 5.92. The van der Waals surface area contributed by atoms with Crippen molar-refractivity contribution >= 4 is 11.8 Å². The fourth-order valence-corrected chi connectivity index (χ4v) is 3.48. The van der Waals surface area contributed by atoms with Crippen molar-refractivity contribution in [1.82, 2.24) is 15.0 Å². The van der Waals surface area contributed by atoms with Gasteiger partial charge in [-0.15, -0.1) is 0 Å². The van der Waals surface area contributed by atoms with Crippen LogP contribution in [0.2, 0.25) is 0 Å². The quantitative estimate of drug-likeness (QED) is 0.849. The van der Waals surface area contributed by atoms with Crippen molar-refractivity contribution in [2.75, 3.05) is 19.6 Å². The van der Waals surface area contributed by atoms with Crippen LogP contribution >= 0.6 is 0 Å². The van der Waals surface area contributed by atoms with Gasteiger partial charge in [-0.05, 0) is 25.7 Å². The molecule has 4 rings (SSSR count). The summed E-state index contributed by atoms with van der Waals surface area (Å²) in [6.45, 7) is 5.93. The highest BCUT2D eigenvalue weighted by Gasteiger charge is 2.42. The summed E-state index contributed by atoms with van der Waals surface area (Å²) in [5, 5.41) is 3.89. The van der Waals surface area contributed by atoms with Crippen LogP contribution in [-0.2, 0) is 11.2 Å². The number of aryl methyl sites for hydroxylation is 1. The summed E-state index contributed by atoms with van der Waals surface area (Å²) in [6.07, 6.45) is 3.55. The molecule has 1 aromatic heterocycles. The zero-order chi connectivity index (χ0) is 15.7. The van der Waals surface area contributed by atoms with Crippen LogP contribution in [0, 0.1) is 5.92 Å². The van der Waals surface area contributed by atoms with Crippen molar-refractivity contribution in [2.24, 2.45) is 5.92 Å². The number of nitrogens with zero attached hydrogens (tertiary/aromatic N) is 3. The lowest BCUT2D eigenvalue weighted by Gasteiger charge is -2.35. The summed E-state index contributed by atoms with van der Waals surface area (Å²) in [4.78, 5) is 28.9. The van der Waals surface area contributed by atoms with Gasteiger partial charge in [0.25, 0.3) is 5.91 Å². The summed E-state index contributed by atoms with van der Waals surface area (Å²) < 4.78 is 5.16. The van der Waals surface area contributed by atoms with Crippen molar-refractivity contribution in [3.8, 4) is 0 Å². The molecule has 3 fully saturated rings. The summed E-state index contributed by atoms with van der Waals surface area (Å²) in [6, 6.07) is 1.85. The highest BCUT2D eigenvalue weighted by atomic mass is 16.5. The number of amides is 2. The fourth-order valence-electron chi connectivity index (χ4n) is 3.48. The molecule has 2 amide bonds. The Bertz CT molecular complexity index is 569. The number of hydrogen-bond acceptors (Lipinski definition) is 4. The molecule has 22 heavy (non-hydrogen) atoms. The molecule has 120 valence electrons. The Kier molecular flexibility index (Phi) is 4.18. The van der Waals surface area contributed by atoms with Crippen molar-refractivity contribution in [1.29, 1.82) is 0 Å². The average molecular weight is 305 g/mol. The Labute approximate surface area is 130 Å². The topological polar surface area (TPSA) is 66.7 Å². The van der Waals surface area contributed by atoms with Gasteiger partial charge in [-0.25, -0.2) is 0 Å². The Morgan fingerprint density at radius 2 is 2.18 bits per heavy atom. The largest absolute Gasteiger partial charge is 0.351 e. The van der Waals surface area contributed by atoms with Gasteiger partial charge in [-0.2, -0.15) is 0 Å². The number of carbonyl (C=O) groups excluding carboxylic acids is 2. The number of aromatic nitrogens is 1. The van der Waals surface area contributed by atoms with Crippen molar-refractivity contribution in [2.45, 2.75) is 45.6 Å². The van der Waals surface area contributed by atoms with Gasteiger partial charge in [0.15, 0.2) is 0 Å². The summed E-state index contributed by atoms with van der Waals surface area (Å²) in [7, 11) is 0. The first-order chi connectivity index (χ1) is 10.6. The van der Waals surface area contributed by atoms with Gasteiger partial charge < -0.3 is 14.3 Å². The molecule has 0 spiro atoms. The number of piperidine rings is 1. The predicted molar refractivity (Wildman–Crippen MR) is 80.3 cm³/mol. The third kappa shape index (κ3) is 2.62. The second kappa shape index (κ2) is 6.10. The van der Waals surface area contributed by atoms with Gasteiger partial charge >= 0.3 is 0 Å². The van der Waals surface area contributed by atoms with Gasteiger partial charge in [-0.3, -0.25) is 9.59 Å². The Balaban J connectivity index is 1.79. The van der Waals surface area contributed by atoms with Crippen LogP contribution in [0.4, 0.5) is 0 Å². The van der Waals surface area contributed by atoms with Gasteiger partial charge in [0.05, 0.1) is 11.6 Å². The summed E-state index contributed by atoms with van der Waals surface area (Å²) >= 11 is 0. The zero-order valence-electron chi connectivity index (χ0n) is 13.2. The molecule has 4 heterocycles. The SMILES string of the molecule is CCCN1C(=O)[C@H]2CC[C@@H]1CN(C(=O)c1cc(CC)no1)C2. The van der Waals surface area contributed by atoms with E-state index in [0.717, 1.165) is 37.9 Å². The molecule has 0 saturated carbocycles. The van der Waals surface area contributed by atoms with Gasteiger partial charge in [0.1, 0.15) is 0 Å². The maximum atomic E-state index is 12.6. The minimum absolute atomic E-state index is 0.0668. The van der Waals surface area contributed by atoms with Gasteiger partial charge in [0.2, 0.25) is 11.7 Å². The molecule has 1 aromatic rings. The summed E-state index contributed by atoms with van der Waals surface area (Å²) in [5.41, 5.74) is 0.782. The average Bonchev–Trinajstić information content (AvgIpc) is 2.85. The molecule has 0 aliphatic carbocycles. The number of fused-ring (bicyclic) bond motifs is 4. The normalized spacial score (nSPS) is 24.7. The monoisotopic (exact) mass is 305 g/mol. The second-order valence-electron chi connectivity index (χ2n) is 6.21. The standard InChI is InChI=1S/C16H23N3O3/c1-3-7-19-13-6-5-11(15(19)20)9-18(10-13)16(21)14-8-12(4-2)17-22-14/h8,11,13H,3-7,9-10H2,1-2H3/t11-,13+/m0/s1. The van der Waals surface area contributed by atoms with Crippen molar-refractivity contribution in [3.05, 3.63) is 17.5 Å². The van der Waals surface area contributed by atoms with Crippen LogP contribution in [0.15, 0.2) is 10.6 Å². The molecule has 6 heteroatoms. The molecule has 3 aliphatic heterocycles. The molecule has 0 N–H and O–H groups in total. The van der Waals surface area contributed by atoms with E-state index >= 15 is 0 Å². The van der Waals surface area contributed by atoms with Crippen LogP contribution in [0.1, 0.15) is 49.4 Å². The third-order valence-electron chi connectivity index (χ3n) is 4.68.